The Bertz CT molecular complexity index is 510. The SMILES string of the molecule is CNC(=O)C(C)NC(=O)c1sc(N2CCCC2)nc1N. The highest BCUT2D eigenvalue weighted by Gasteiger charge is 2.23. The number of nitrogens with two attached hydrogens (primary N) is 1. The Labute approximate surface area is 121 Å². The molecule has 1 fully saturated rings. The summed E-state index contributed by atoms with van der Waals surface area (Å²) in [7, 11) is 1.53. The van der Waals surface area contributed by atoms with E-state index in [2.05, 4.69) is 20.5 Å². The number of nitrogens with zero attached hydrogens (tertiary/aromatic N) is 2. The molecule has 8 heteroatoms. The summed E-state index contributed by atoms with van der Waals surface area (Å²) < 4.78 is 0. The Morgan fingerprint density at radius 2 is 2.05 bits per heavy atom. The number of carbonyl (C=O) groups is 2. The Morgan fingerprint density at radius 3 is 2.65 bits per heavy atom. The van der Waals surface area contributed by atoms with E-state index in [4.69, 9.17) is 5.73 Å². The summed E-state index contributed by atoms with van der Waals surface area (Å²) in [6.07, 6.45) is 2.27. The smallest absolute Gasteiger partial charge is 0.265 e. The minimum atomic E-state index is -0.607. The first-order chi connectivity index (χ1) is 9.52. The van der Waals surface area contributed by atoms with Crippen molar-refractivity contribution in [3.63, 3.8) is 0 Å². The Kier molecular flexibility index (Phi) is 4.43. The van der Waals surface area contributed by atoms with E-state index in [9.17, 15) is 9.59 Å². The molecule has 1 aromatic rings. The lowest BCUT2D eigenvalue weighted by Crippen LogP contribution is -2.43. The van der Waals surface area contributed by atoms with Gasteiger partial charge in [-0.3, -0.25) is 9.59 Å². The van der Waals surface area contributed by atoms with Crippen molar-refractivity contribution < 1.29 is 9.59 Å². The molecule has 7 nitrogen and oxygen atoms in total. The topological polar surface area (TPSA) is 100 Å². The summed E-state index contributed by atoms with van der Waals surface area (Å²) in [4.78, 5) is 30.2. The number of hydrogen-bond acceptors (Lipinski definition) is 6. The highest BCUT2D eigenvalue weighted by molar-refractivity contribution is 7.18. The zero-order valence-corrected chi connectivity index (χ0v) is 12.4. The number of likely N-dealkylation sites (N-methyl/N-ethyl adjacent to an activating group) is 1. The molecule has 2 rings (SSSR count). The fraction of sp³-hybridized carbons (Fsp3) is 0.583. The highest BCUT2D eigenvalue weighted by atomic mass is 32.1. The quantitative estimate of drug-likeness (QED) is 0.736. The molecular formula is C12H19N5O2S. The van der Waals surface area contributed by atoms with Crippen LogP contribution >= 0.6 is 11.3 Å². The van der Waals surface area contributed by atoms with Crippen LogP contribution in [0.15, 0.2) is 0 Å². The van der Waals surface area contributed by atoms with Gasteiger partial charge in [-0.25, -0.2) is 4.98 Å². The largest absolute Gasteiger partial charge is 0.382 e. The fourth-order valence-corrected chi connectivity index (χ4v) is 3.01. The van der Waals surface area contributed by atoms with Gasteiger partial charge in [0.1, 0.15) is 16.7 Å². The predicted octanol–water partition coefficient (Wildman–Crippen LogP) is 0.190. The van der Waals surface area contributed by atoms with Gasteiger partial charge >= 0.3 is 0 Å². The molecule has 0 spiro atoms. The van der Waals surface area contributed by atoms with Crippen molar-refractivity contribution in [3.05, 3.63) is 4.88 Å². The average Bonchev–Trinajstić information content (AvgIpc) is 3.06. The first-order valence-corrected chi connectivity index (χ1v) is 7.38. The van der Waals surface area contributed by atoms with Gasteiger partial charge in [0.25, 0.3) is 5.91 Å². The van der Waals surface area contributed by atoms with Gasteiger partial charge in [-0.05, 0) is 19.8 Å². The third-order valence-electron chi connectivity index (χ3n) is 3.21. The number of nitrogens with one attached hydrogen (secondary N) is 2. The van der Waals surface area contributed by atoms with E-state index < -0.39 is 6.04 Å². The lowest BCUT2D eigenvalue weighted by molar-refractivity contribution is -0.122. The molecule has 0 radical (unpaired) electrons. The van der Waals surface area contributed by atoms with Gasteiger partial charge in [-0.1, -0.05) is 11.3 Å². The molecule has 1 saturated heterocycles. The maximum Gasteiger partial charge on any atom is 0.265 e. The van der Waals surface area contributed by atoms with Crippen molar-refractivity contribution in [2.24, 2.45) is 0 Å². The van der Waals surface area contributed by atoms with Crippen LogP contribution in [0.3, 0.4) is 0 Å². The molecule has 1 aliphatic heterocycles. The first-order valence-electron chi connectivity index (χ1n) is 6.56. The molecule has 1 aliphatic rings. The molecule has 2 heterocycles. The van der Waals surface area contributed by atoms with Crippen molar-refractivity contribution in [2.45, 2.75) is 25.8 Å². The summed E-state index contributed by atoms with van der Waals surface area (Å²) in [5, 5.41) is 5.87. The summed E-state index contributed by atoms with van der Waals surface area (Å²) >= 11 is 1.27. The van der Waals surface area contributed by atoms with E-state index in [-0.39, 0.29) is 17.6 Å². The molecule has 4 N–H and O–H groups in total. The normalized spacial score (nSPS) is 16.0. The zero-order chi connectivity index (χ0) is 14.7. The van der Waals surface area contributed by atoms with E-state index in [0.29, 0.717) is 4.88 Å². The number of anilines is 2. The van der Waals surface area contributed by atoms with E-state index in [0.717, 1.165) is 31.1 Å². The lowest BCUT2D eigenvalue weighted by Gasteiger charge is -2.12. The third kappa shape index (κ3) is 3.01. The molecule has 1 unspecified atom stereocenters. The van der Waals surface area contributed by atoms with Crippen molar-refractivity contribution in [1.82, 2.24) is 15.6 Å². The second kappa shape index (κ2) is 6.08. The molecule has 110 valence electrons. The number of thiazole rings is 1. The highest BCUT2D eigenvalue weighted by Crippen LogP contribution is 2.30. The number of aromatic nitrogens is 1. The molecule has 1 atom stereocenters. The Balaban J connectivity index is 2.08. The molecule has 0 aliphatic carbocycles. The minimum Gasteiger partial charge on any atom is -0.382 e. The molecule has 0 saturated carbocycles. The van der Waals surface area contributed by atoms with Crippen LogP contribution in [0.4, 0.5) is 10.9 Å². The van der Waals surface area contributed by atoms with Gasteiger partial charge < -0.3 is 21.3 Å². The molecule has 20 heavy (non-hydrogen) atoms. The summed E-state index contributed by atoms with van der Waals surface area (Å²) in [6, 6.07) is -0.607. The van der Waals surface area contributed by atoms with Crippen molar-refractivity contribution in [2.75, 3.05) is 30.8 Å². The van der Waals surface area contributed by atoms with E-state index in [1.54, 1.807) is 6.92 Å². The maximum absolute atomic E-state index is 12.1. The minimum absolute atomic E-state index is 0.221. The van der Waals surface area contributed by atoms with Gasteiger partial charge in [0.15, 0.2) is 5.13 Å². The maximum atomic E-state index is 12.1. The van der Waals surface area contributed by atoms with Crippen LogP contribution in [0.2, 0.25) is 0 Å². The summed E-state index contributed by atoms with van der Waals surface area (Å²) in [5.74, 6) is -0.388. The Hall–Kier alpha value is -1.83. The summed E-state index contributed by atoms with van der Waals surface area (Å²) in [5.41, 5.74) is 5.81. The van der Waals surface area contributed by atoms with Crippen LogP contribution < -0.4 is 21.3 Å². The molecule has 0 bridgehead atoms. The van der Waals surface area contributed by atoms with E-state index in [1.165, 1.54) is 18.4 Å². The van der Waals surface area contributed by atoms with Crippen LogP contribution in [-0.4, -0.2) is 43.0 Å². The van der Waals surface area contributed by atoms with Crippen molar-refractivity contribution >= 4 is 34.1 Å². The van der Waals surface area contributed by atoms with Gasteiger partial charge in [-0.15, -0.1) is 0 Å². The van der Waals surface area contributed by atoms with Crippen LogP contribution in [0.1, 0.15) is 29.4 Å². The van der Waals surface area contributed by atoms with Crippen molar-refractivity contribution in [1.29, 1.82) is 0 Å². The van der Waals surface area contributed by atoms with E-state index in [1.807, 2.05) is 0 Å². The van der Waals surface area contributed by atoms with Crippen LogP contribution in [0.25, 0.3) is 0 Å². The zero-order valence-electron chi connectivity index (χ0n) is 11.6. The van der Waals surface area contributed by atoms with E-state index >= 15 is 0 Å². The monoisotopic (exact) mass is 297 g/mol. The van der Waals surface area contributed by atoms with Gasteiger partial charge in [0, 0.05) is 20.1 Å². The van der Waals surface area contributed by atoms with Gasteiger partial charge in [0.05, 0.1) is 0 Å². The van der Waals surface area contributed by atoms with Gasteiger partial charge in [0.2, 0.25) is 5.91 Å². The number of amides is 2. The molecular weight excluding hydrogens is 278 g/mol. The first kappa shape index (κ1) is 14.6. The molecule has 1 aromatic heterocycles. The summed E-state index contributed by atoms with van der Waals surface area (Å²) in [6.45, 7) is 3.51. The second-order valence-electron chi connectivity index (χ2n) is 4.71. The Morgan fingerprint density at radius 1 is 1.40 bits per heavy atom. The van der Waals surface area contributed by atoms with Crippen molar-refractivity contribution in [3.8, 4) is 0 Å². The van der Waals surface area contributed by atoms with Crippen LogP contribution in [0.5, 0.6) is 0 Å². The number of carbonyl (C=O) groups excluding carboxylic acids is 2. The standard InChI is InChI=1S/C12H19N5O2S/c1-7(10(18)14-2)15-11(19)8-9(13)16-12(20-8)17-5-3-4-6-17/h7H,3-6,13H2,1-2H3,(H,14,18)(H,15,19). The fourth-order valence-electron chi connectivity index (χ4n) is 2.07. The molecule has 2 amide bonds. The van der Waals surface area contributed by atoms with Crippen LogP contribution in [-0.2, 0) is 4.79 Å². The molecule has 0 aromatic carbocycles. The lowest BCUT2D eigenvalue weighted by atomic mass is 10.3. The predicted molar refractivity (Wildman–Crippen MR) is 79.0 cm³/mol. The number of hydrogen-bond donors (Lipinski definition) is 3. The number of rotatable bonds is 4. The second-order valence-corrected chi connectivity index (χ2v) is 5.69. The van der Waals surface area contributed by atoms with Crippen LogP contribution in [0, 0.1) is 0 Å². The third-order valence-corrected chi connectivity index (χ3v) is 4.34. The van der Waals surface area contributed by atoms with Gasteiger partial charge in [-0.2, -0.15) is 0 Å². The average molecular weight is 297 g/mol. The number of nitrogen functional groups attached to an aromatic ring is 1.